The van der Waals surface area contributed by atoms with Gasteiger partial charge in [0.1, 0.15) is 12.1 Å². The number of aromatic nitrogens is 3. The van der Waals surface area contributed by atoms with Gasteiger partial charge in [0, 0.05) is 5.02 Å². The molecule has 0 amide bonds. The number of hydrogen-bond donors (Lipinski definition) is 1. The molecule has 1 aromatic carbocycles. The molecule has 0 aliphatic carbocycles. The molecule has 0 aliphatic rings. The zero-order valence-corrected chi connectivity index (χ0v) is 10.4. The van der Waals surface area contributed by atoms with Gasteiger partial charge in [-0.05, 0) is 30.7 Å². The van der Waals surface area contributed by atoms with Crippen LogP contribution >= 0.6 is 11.6 Å². The van der Waals surface area contributed by atoms with Crippen molar-refractivity contribution in [3.8, 4) is 5.75 Å². The van der Waals surface area contributed by atoms with Gasteiger partial charge in [0.25, 0.3) is 5.91 Å². The Morgan fingerprint density at radius 2 is 2.33 bits per heavy atom. The summed E-state index contributed by atoms with van der Waals surface area (Å²) in [6, 6.07) is 5.16. The monoisotopic (exact) mass is 266 g/mol. The van der Waals surface area contributed by atoms with Crippen molar-refractivity contribution in [2.24, 2.45) is 0 Å². The fourth-order valence-corrected chi connectivity index (χ4v) is 1.48. The van der Waals surface area contributed by atoms with Crippen LogP contribution in [-0.2, 0) is 0 Å². The van der Waals surface area contributed by atoms with Gasteiger partial charge in [-0.2, -0.15) is 0 Å². The van der Waals surface area contributed by atoms with Gasteiger partial charge < -0.3 is 10.5 Å². The number of ether oxygens (including phenoxy) is 1. The summed E-state index contributed by atoms with van der Waals surface area (Å²) in [5.41, 5.74) is 6.33. The second kappa shape index (κ2) is 5.05. The average molecular weight is 267 g/mol. The Morgan fingerprint density at radius 1 is 1.56 bits per heavy atom. The summed E-state index contributed by atoms with van der Waals surface area (Å²) in [4.78, 5) is 11.7. The van der Waals surface area contributed by atoms with Crippen molar-refractivity contribution in [1.29, 1.82) is 0 Å². The van der Waals surface area contributed by atoms with Gasteiger partial charge in [-0.1, -0.05) is 11.6 Å². The molecule has 1 aromatic heterocycles. The lowest BCUT2D eigenvalue weighted by molar-refractivity contribution is 0.0840. The summed E-state index contributed by atoms with van der Waals surface area (Å²) >= 11 is 5.89. The predicted octanol–water partition coefficient (Wildman–Crippen LogP) is 1.54. The summed E-state index contributed by atoms with van der Waals surface area (Å²) in [6.45, 7) is 1.71. The number of benzene rings is 1. The molecule has 7 heteroatoms. The Balaban J connectivity index is 2.02. The molecule has 0 atom stereocenters. The number of carbonyl (C=O) groups excluding carboxylic acids is 1. The van der Waals surface area contributed by atoms with E-state index in [4.69, 9.17) is 22.1 Å². The largest absolute Gasteiger partial charge is 0.484 e. The van der Waals surface area contributed by atoms with Crippen molar-refractivity contribution in [2.75, 3.05) is 12.3 Å². The molecule has 0 fully saturated rings. The number of carbonyl (C=O) groups is 1. The lowest BCUT2D eigenvalue weighted by Crippen LogP contribution is -2.20. The molecule has 0 spiro atoms. The molecule has 0 aliphatic heterocycles. The Labute approximate surface area is 108 Å². The summed E-state index contributed by atoms with van der Waals surface area (Å²) in [5.74, 6) is 0.262. The van der Waals surface area contributed by atoms with E-state index in [2.05, 4.69) is 10.2 Å². The number of halogens is 1. The van der Waals surface area contributed by atoms with Crippen molar-refractivity contribution in [2.45, 2.75) is 6.92 Å². The normalized spacial score (nSPS) is 10.3. The summed E-state index contributed by atoms with van der Waals surface area (Å²) < 4.78 is 6.47. The van der Waals surface area contributed by atoms with Gasteiger partial charge >= 0.3 is 0 Å². The SMILES string of the molecule is Cc1cc(OCC(=O)n2cnnc2N)ccc1Cl. The first-order valence-electron chi connectivity index (χ1n) is 5.15. The van der Waals surface area contributed by atoms with Crippen molar-refractivity contribution in [3.05, 3.63) is 35.1 Å². The van der Waals surface area contributed by atoms with Crippen LogP contribution in [0.1, 0.15) is 10.4 Å². The van der Waals surface area contributed by atoms with Gasteiger partial charge in [0.15, 0.2) is 6.61 Å². The maximum absolute atomic E-state index is 11.7. The first kappa shape index (κ1) is 12.4. The van der Waals surface area contributed by atoms with Crippen molar-refractivity contribution < 1.29 is 9.53 Å². The van der Waals surface area contributed by atoms with E-state index < -0.39 is 0 Å². The zero-order chi connectivity index (χ0) is 13.1. The van der Waals surface area contributed by atoms with Crippen LogP contribution in [-0.4, -0.2) is 27.3 Å². The molecule has 1 heterocycles. The van der Waals surface area contributed by atoms with E-state index in [9.17, 15) is 4.79 Å². The standard InChI is InChI=1S/C11H11ClN4O2/c1-7-4-8(2-3-9(7)12)18-5-10(17)16-6-14-15-11(16)13/h2-4,6H,5H2,1H3,(H2,13,15). The fraction of sp³-hybridized carbons (Fsp3) is 0.182. The van der Waals surface area contributed by atoms with Crippen LogP contribution in [0, 0.1) is 6.92 Å². The molecule has 0 saturated carbocycles. The third kappa shape index (κ3) is 2.60. The number of rotatable bonds is 3. The van der Waals surface area contributed by atoms with Crippen LogP contribution in [0.2, 0.25) is 5.02 Å². The molecular weight excluding hydrogens is 256 g/mol. The first-order chi connectivity index (χ1) is 8.58. The van der Waals surface area contributed by atoms with Gasteiger partial charge in [0.2, 0.25) is 5.95 Å². The predicted molar refractivity (Wildman–Crippen MR) is 66.7 cm³/mol. The van der Waals surface area contributed by atoms with Crippen molar-refractivity contribution in [3.63, 3.8) is 0 Å². The quantitative estimate of drug-likeness (QED) is 0.911. The second-order valence-corrected chi connectivity index (χ2v) is 4.06. The fourth-order valence-electron chi connectivity index (χ4n) is 1.36. The Morgan fingerprint density at radius 3 is 2.94 bits per heavy atom. The van der Waals surface area contributed by atoms with Crippen LogP contribution in [0.25, 0.3) is 0 Å². The molecular formula is C11H11ClN4O2. The van der Waals surface area contributed by atoms with Crippen molar-refractivity contribution in [1.82, 2.24) is 14.8 Å². The van der Waals surface area contributed by atoms with Gasteiger partial charge in [-0.15, -0.1) is 10.2 Å². The molecule has 0 saturated heterocycles. The molecule has 94 valence electrons. The van der Waals surface area contributed by atoms with E-state index in [1.807, 2.05) is 6.92 Å². The smallest absolute Gasteiger partial charge is 0.272 e. The minimum absolute atomic E-state index is 0.0379. The van der Waals surface area contributed by atoms with E-state index in [1.54, 1.807) is 18.2 Å². The molecule has 2 rings (SSSR count). The lowest BCUT2D eigenvalue weighted by atomic mass is 10.2. The maximum atomic E-state index is 11.7. The third-order valence-corrected chi connectivity index (χ3v) is 2.76. The lowest BCUT2D eigenvalue weighted by Gasteiger charge is -2.07. The molecule has 18 heavy (non-hydrogen) atoms. The highest BCUT2D eigenvalue weighted by atomic mass is 35.5. The minimum atomic E-state index is -0.342. The van der Waals surface area contributed by atoms with Crippen LogP contribution in [0.4, 0.5) is 5.95 Å². The van der Waals surface area contributed by atoms with E-state index in [-0.39, 0.29) is 18.5 Å². The van der Waals surface area contributed by atoms with Gasteiger partial charge in [0.05, 0.1) is 0 Å². The molecule has 0 bridgehead atoms. The number of aryl methyl sites for hydroxylation is 1. The van der Waals surface area contributed by atoms with Crippen LogP contribution in [0.5, 0.6) is 5.75 Å². The summed E-state index contributed by atoms with van der Waals surface area (Å²) in [5, 5.41) is 7.68. The first-order valence-corrected chi connectivity index (χ1v) is 5.53. The van der Waals surface area contributed by atoms with Gasteiger partial charge in [-0.25, -0.2) is 4.57 Å². The summed E-state index contributed by atoms with van der Waals surface area (Å²) in [7, 11) is 0. The number of anilines is 1. The third-order valence-electron chi connectivity index (χ3n) is 2.33. The van der Waals surface area contributed by atoms with Crippen molar-refractivity contribution >= 4 is 23.5 Å². The second-order valence-electron chi connectivity index (χ2n) is 3.65. The zero-order valence-electron chi connectivity index (χ0n) is 9.63. The molecule has 6 nitrogen and oxygen atoms in total. The highest BCUT2D eigenvalue weighted by molar-refractivity contribution is 6.31. The topological polar surface area (TPSA) is 83.0 Å². The highest BCUT2D eigenvalue weighted by Crippen LogP contribution is 2.20. The van der Waals surface area contributed by atoms with E-state index in [0.717, 1.165) is 10.1 Å². The molecule has 2 N–H and O–H groups in total. The number of nitrogens with zero attached hydrogens (tertiary/aromatic N) is 3. The summed E-state index contributed by atoms with van der Waals surface area (Å²) in [6.07, 6.45) is 1.24. The van der Waals surface area contributed by atoms with Gasteiger partial charge in [-0.3, -0.25) is 4.79 Å². The van der Waals surface area contributed by atoms with Crippen LogP contribution in [0.15, 0.2) is 24.5 Å². The molecule has 0 unspecified atom stereocenters. The number of nitrogens with two attached hydrogens (primary N) is 1. The van der Waals surface area contributed by atoms with E-state index >= 15 is 0 Å². The van der Waals surface area contributed by atoms with E-state index in [0.29, 0.717) is 10.8 Å². The molecule has 0 radical (unpaired) electrons. The number of nitrogen functional groups attached to an aromatic ring is 1. The molecule has 2 aromatic rings. The Kier molecular flexibility index (Phi) is 3.47. The van der Waals surface area contributed by atoms with E-state index in [1.165, 1.54) is 6.33 Å². The highest BCUT2D eigenvalue weighted by Gasteiger charge is 2.10. The minimum Gasteiger partial charge on any atom is -0.484 e. The average Bonchev–Trinajstić information content (AvgIpc) is 2.77. The Hall–Kier alpha value is -2.08. The van der Waals surface area contributed by atoms with Crippen LogP contribution < -0.4 is 10.5 Å². The van der Waals surface area contributed by atoms with Crippen LogP contribution in [0.3, 0.4) is 0 Å². The Bertz CT molecular complexity index is 582. The number of hydrogen-bond acceptors (Lipinski definition) is 5. The maximum Gasteiger partial charge on any atom is 0.272 e.